The number of nitrogens with zero attached hydrogens (tertiary/aromatic N) is 2. The van der Waals surface area contributed by atoms with Crippen LogP contribution < -0.4 is 0 Å². The average molecular weight is 236 g/mol. The smallest absolute Gasteiger partial charge is 0.238 e. The van der Waals surface area contributed by atoms with Crippen molar-refractivity contribution in [2.24, 2.45) is 0 Å². The summed E-state index contributed by atoms with van der Waals surface area (Å²) in [5.41, 5.74) is 0.0786. The molecule has 0 aliphatic rings. The summed E-state index contributed by atoms with van der Waals surface area (Å²) in [4.78, 5) is 3.83. The Labute approximate surface area is 94.3 Å². The highest BCUT2D eigenvalue weighted by Gasteiger charge is 2.34. The van der Waals surface area contributed by atoms with Crippen molar-refractivity contribution >= 4 is 21.9 Å². The molecule has 86 valence electrons. The van der Waals surface area contributed by atoms with Crippen LogP contribution in [0.2, 0.25) is 0 Å². The Hall–Kier alpha value is -2.04. The second-order valence-corrected chi connectivity index (χ2v) is 3.69. The van der Waals surface area contributed by atoms with Crippen molar-refractivity contribution < 1.29 is 13.2 Å². The lowest BCUT2D eigenvalue weighted by Crippen LogP contribution is -2.16. The second-order valence-electron chi connectivity index (χ2n) is 3.69. The van der Waals surface area contributed by atoms with Crippen molar-refractivity contribution in [1.82, 2.24) is 9.55 Å². The summed E-state index contributed by atoms with van der Waals surface area (Å²) in [6.07, 6.45) is -3.10. The molecule has 0 saturated carbocycles. The van der Waals surface area contributed by atoms with E-state index in [1.54, 1.807) is 30.3 Å². The first-order valence-electron chi connectivity index (χ1n) is 5.00. The largest absolute Gasteiger partial charge is 0.490 e. The Morgan fingerprint density at radius 2 is 1.65 bits per heavy atom. The minimum Gasteiger partial charge on any atom is -0.238 e. The van der Waals surface area contributed by atoms with Crippen LogP contribution in [0.3, 0.4) is 0 Å². The molecule has 0 N–H and O–H groups in total. The van der Waals surface area contributed by atoms with E-state index in [4.69, 9.17) is 0 Å². The Bertz CT molecular complexity index is 644. The van der Waals surface area contributed by atoms with E-state index in [9.17, 15) is 13.2 Å². The van der Waals surface area contributed by atoms with Crippen molar-refractivity contribution in [2.75, 3.05) is 0 Å². The highest BCUT2D eigenvalue weighted by molar-refractivity contribution is 6.06. The van der Waals surface area contributed by atoms with Crippen LogP contribution in [0, 0.1) is 0 Å². The van der Waals surface area contributed by atoms with E-state index < -0.39 is 6.30 Å². The molecule has 0 fully saturated rings. The van der Waals surface area contributed by atoms with Crippen LogP contribution in [0.25, 0.3) is 21.9 Å². The van der Waals surface area contributed by atoms with Crippen LogP contribution in [-0.2, 0) is 6.30 Å². The molecule has 17 heavy (non-hydrogen) atoms. The van der Waals surface area contributed by atoms with Gasteiger partial charge in [0.15, 0.2) is 0 Å². The average Bonchev–Trinajstić information content (AvgIpc) is 2.63. The molecule has 5 heteroatoms. The first-order valence-corrected chi connectivity index (χ1v) is 5.00. The fraction of sp³-hybridized carbons (Fsp3) is 0.0833. The first kappa shape index (κ1) is 10.1. The molecule has 3 aromatic rings. The summed E-state index contributed by atoms with van der Waals surface area (Å²) in [6, 6.07) is 9.70. The lowest BCUT2D eigenvalue weighted by molar-refractivity contribution is -0.197. The Kier molecular flexibility index (Phi) is 1.92. The maximum absolute atomic E-state index is 13.0. The molecule has 0 aliphatic carbocycles. The molecule has 0 bridgehead atoms. The lowest BCUT2D eigenvalue weighted by Gasteiger charge is -2.09. The summed E-state index contributed by atoms with van der Waals surface area (Å²) in [7, 11) is 0. The molecular weight excluding hydrogens is 229 g/mol. The zero-order chi connectivity index (χ0) is 12.0. The molecule has 0 unspecified atom stereocenters. The molecule has 0 amide bonds. The molecule has 0 spiro atoms. The fourth-order valence-electron chi connectivity index (χ4n) is 2.05. The SMILES string of the molecule is FC(F)(F)n1c2ccccc2c2cccnc21. The highest BCUT2D eigenvalue weighted by atomic mass is 19.4. The molecule has 2 aromatic heterocycles. The zero-order valence-corrected chi connectivity index (χ0v) is 8.57. The zero-order valence-electron chi connectivity index (χ0n) is 8.57. The van der Waals surface area contributed by atoms with Crippen molar-refractivity contribution in [3.8, 4) is 0 Å². The van der Waals surface area contributed by atoms with Gasteiger partial charge < -0.3 is 0 Å². The van der Waals surface area contributed by atoms with Gasteiger partial charge in [-0.05, 0) is 18.2 Å². The van der Waals surface area contributed by atoms with E-state index in [0.717, 1.165) is 0 Å². The van der Waals surface area contributed by atoms with Crippen LogP contribution in [0.5, 0.6) is 0 Å². The standard InChI is InChI=1S/C12H7F3N2/c13-12(14,15)17-10-6-2-1-4-8(10)9-5-3-7-16-11(9)17/h1-7H. The summed E-state index contributed by atoms with van der Waals surface area (Å²) in [5.74, 6) is 0. The molecule has 1 aromatic carbocycles. The summed E-state index contributed by atoms with van der Waals surface area (Å²) >= 11 is 0. The van der Waals surface area contributed by atoms with E-state index >= 15 is 0 Å². The van der Waals surface area contributed by atoms with Crippen LogP contribution in [0.15, 0.2) is 42.6 Å². The number of hydrogen-bond acceptors (Lipinski definition) is 1. The van der Waals surface area contributed by atoms with E-state index in [1.165, 1.54) is 12.3 Å². The minimum absolute atomic E-state index is 0.0544. The molecule has 0 atom stereocenters. The third-order valence-corrected chi connectivity index (χ3v) is 2.69. The first-order chi connectivity index (χ1) is 8.09. The molecule has 0 aliphatic heterocycles. The van der Waals surface area contributed by atoms with Gasteiger partial charge >= 0.3 is 6.30 Å². The lowest BCUT2D eigenvalue weighted by atomic mass is 10.2. The van der Waals surface area contributed by atoms with Crippen LogP contribution in [0.1, 0.15) is 0 Å². The van der Waals surface area contributed by atoms with Gasteiger partial charge in [-0.1, -0.05) is 18.2 Å². The molecule has 2 heterocycles. The Balaban J connectivity index is 2.60. The van der Waals surface area contributed by atoms with Gasteiger partial charge in [0.25, 0.3) is 0 Å². The number of rotatable bonds is 0. The Morgan fingerprint density at radius 3 is 2.41 bits per heavy atom. The van der Waals surface area contributed by atoms with Gasteiger partial charge in [0.1, 0.15) is 5.65 Å². The van der Waals surface area contributed by atoms with E-state index in [2.05, 4.69) is 4.98 Å². The maximum Gasteiger partial charge on any atom is 0.490 e. The van der Waals surface area contributed by atoms with Crippen LogP contribution in [-0.4, -0.2) is 9.55 Å². The molecule has 3 rings (SSSR count). The normalized spacial score (nSPS) is 12.4. The van der Waals surface area contributed by atoms with Crippen molar-refractivity contribution in [2.45, 2.75) is 6.30 Å². The quantitative estimate of drug-likeness (QED) is 0.582. The van der Waals surface area contributed by atoms with Gasteiger partial charge in [0.05, 0.1) is 5.52 Å². The van der Waals surface area contributed by atoms with Gasteiger partial charge in [-0.25, -0.2) is 9.55 Å². The number of alkyl halides is 3. The number of aromatic nitrogens is 2. The number of hydrogen-bond donors (Lipinski definition) is 0. The van der Waals surface area contributed by atoms with Gasteiger partial charge in [0.2, 0.25) is 0 Å². The minimum atomic E-state index is -4.46. The van der Waals surface area contributed by atoms with E-state index in [-0.39, 0.29) is 11.2 Å². The third kappa shape index (κ3) is 1.39. The maximum atomic E-state index is 13.0. The second kappa shape index (κ2) is 3.23. The van der Waals surface area contributed by atoms with Gasteiger partial charge in [-0.3, -0.25) is 0 Å². The Morgan fingerprint density at radius 1 is 0.941 bits per heavy atom. The molecule has 0 radical (unpaired) electrons. The fourth-order valence-corrected chi connectivity index (χ4v) is 2.05. The number of benzene rings is 1. The van der Waals surface area contributed by atoms with Gasteiger partial charge in [0, 0.05) is 17.0 Å². The summed E-state index contributed by atoms with van der Waals surface area (Å²) in [6.45, 7) is 0. The van der Waals surface area contributed by atoms with Crippen molar-refractivity contribution in [3.63, 3.8) is 0 Å². The number of halogens is 3. The third-order valence-electron chi connectivity index (χ3n) is 2.69. The van der Waals surface area contributed by atoms with Gasteiger partial charge in [-0.15, -0.1) is 13.2 Å². The number of fused-ring (bicyclic) bond motifs is 3. The predicted octanol–water partition coefficient (Wildman–Crippen LogP) is 3.67. The topological polar surface area (TPSA) is 17.8 Å². The molecular formula is C12H7F3N2. The summed E-state index contributed by atoms with van der Waals surface area (Å²) in [5, 5.41) is 1.08. The van der Waals surface area contributed by atoms with Gasteiger partial charge in [-0.2, -0.15) is 0 Å². The number of para-hydroxylation sites is 1. The molecule has 0 saturated heterocycles. The highest BCUT2D eigenvalue weighted by Crippen LogP contribution is 2.35. The predicted molar refractivity (Wildman–Crippen MR) is 58.5 cm³/mol. The van der Waals surface area contributed by atoms with Crippen LogP contribution in [0.4, 0.5) is 13.2 Å². The van der Waals surface area contributed by atoms with Crippen molar-refractivity contribution in [3.05, 3.63) is 42.6 Å². The van der Waals surface area contributed by atoms with Crippen LogP contribution >= 0.6 is 0 Å². The summed E-state index contributed by atoms with van der Waals surface area (Å²) < 4.78 is 39.3. The van der Waals surface area contributed by atoms with Crippen molar-refractivity contribution in [1.29, 1.82) is 0 Å². The van der Waals surface area contributed by atoms with E-state index in [1.807, 2.05) is 0 Å². The van der Waals surface area contributed by atoms with E-state index in [0.29, 0.717) is 15.3 Å². The molecule has 2 nitrogen and oxygen atoms in total. The monoisotopic (exact) mass is 236 g/mol. The number of pyridine rings is 1.